The van der Waals surface area contributed by atoms with E-state index in [2.05, 4.69) is 10.3 Å². The van der Waals surface area contributed by atoms with Crippen LogP contribution in [0.1, 0.15) is 11.1 Å². The zero-order chi connectivity index (χ0) is 19.7. The van der Waals surface area contributed by atoms with Crippen molar-refractivity contribution < 1.29 is 13.2 Å². The number of nitrogens with zero attached hydrogens (tertiary/aromatic N) is 2. The van der Waals surface area contributed by atoms with Crippen LogP contribution in [0.15, 0.2) is 72.9 Å². The van der Waals surface area contributed by atoms with E-state index in [0.29, 0.717) is 34.3 Å². The predicted octanol–water partition coefficient (Wildman–Crippen LogP) is 6.29. The molecule has 1 N–H and O–H groups in total. The SMILES string of the molecule is FC(F)(F)c1ccc(-c2nc3ccc(Cl)cn3c2NCc2ccccc2)cc1. The first-order chi connectivity index (χ1) is 13.4. The Hall–Kier alpha value is -2.99. The van der Waals surface area contributed by atoms with Crippen molar-refractivity contribution in [3.63, 3.8) is 0 Å². The molecular formula is C21H15ClF3N3. The number of pyridine rings is 1. The van der Waals surface area contributed by atoms with Gasteiger partial charge in [0, 0.05) is 18.3 Å². The van der Waals surface area contributed by atoms with Gasteiger partial charge in [0.25, 0.3) is 0 Å². The molecule has 7 heteroatoms. The Morgan fingerprint density at radius 2 is 1.64 bits per heavy atom. The summed E-state index contributed by atoms with van der Waals surface area (Å²) in [6.45, 7) is 0.536. The summed E-state index contributed by atoms with van der Waals surface area (Å²) >= 11 is 6.13. The number of anilines is 1. The van der Waals surface area contributed by atoms with Gasteiger partial charge in [0.05, 0.1) is 10.6 Å². The fourth-order valence-corrected chi connectivity index (χ4v) is 3.15. The highest BCUT2D eigenvalue weighted by atomic mass is 35.5. The summed E-state index contributed by atoms with van der Waals surface area (Å²) in [5, 5.41) is 3.88. The first-order valence-electron chi connectivity index (χ1n) is 8.55. The molecule has 0 unspecified atom stereocenters. The second kappa shape index (κ2) is 7.20. The highest BCUT2D eigenvalue weighted by molar-refractivity contribution is 6.30. The van der Waals surface area contributed by atoms with E-state index in [4.69, 9.17) is 11.6 Å². The smallest absolute Gasteiger partial charge is 0.365 e. The lowest BCUT2D eigenvalue weighted by Crippen LogP contribution is -2.05. The molecule has 28 heavy (non-hydrogen) atoms. The van der Waals surface area contributed by atoms with Crippen molar-refractivity contribution in [3.8, 4) is 11.3 Å². The first-order valence-corrected chi connectivity index (χ1v) is 8.93. The molecule has 4 rings (SSSR count). The van der Waals surface area contributed by atoms with Crippen LogP contribution < -0.4 is 5.32 Å². The van der Waals surface area contributed by atoms with Gasteiger partial charge in [-0.05, 0) is 29.8 Å². The zero-order valence-electron chi connectivity index (χ0n) is 14.5. The Labute approximate surface area is 164 Å². The van der Waals surface area contributed by atoms with Crippen LogP contribution in [0.5, 0.6) is 0 Å². The van der Waals surface area contributed by atoms with Gasteiger partial charge < -0.3 is 5.32 Å². The van der Waals surface area contributed by atoms with Gasteiger partial charge in [-0.2, -0.15) is 13.2 Å². The van der Waals surface area contributed by atoms with Crippen LogP contribution in [-0.4, -0.2) is 9.38 Å². The third-order valence-corrected chi connectivity index (χ3v) is 4.59. The molecule has 0 atom stereocenters. The van der Waals surface area contributed by atoms with Crippen molar-refractivity contribution in [1.29, 1.82) is 0 Å². The normalized spacial score (nSPS) is 11.7. The van der Waals surface area contributed by atoms with Gasteiger partial charge in [0.1, 0.15) is 17.2 Å². The van der Waals surface area contributed by atoms with Gasteiger partial charge in [0.15, 0.2) is 0 Å². The summed E-state index contributed by atoms with van der Waals surface area (Å²) in [4.78, 5) is 4.59. The van der Waals surface area contributed by atoms with E-state index in [-0.39, 0.29) is 0 Å². The van der Waals surface area contributed by atoms with Gasteiger partial charge in [-0.1, -0.05) is 54.1 Å². The summed E-state index contributed by atoms with van der Waals surface area (Å²) in [6, 6.07) is 18.3. The Bertz CT molecular complexity index is 1100. The van der Waals surface area contributed by atoms with Crippen molar-refractivity contribution >= 4 is 23.1 Å². The minimum Gasteiger partial charge on any atom is -0.365 e. The summed E-state index contributed by atoms with van der Waals surface area (Å²) in [5.41, 5.74) is 2.17. The number of fused-ring (bicyclic) bond motifs is 1. The molecule has 2 aromatic carbocycles. The number of imidazole rings is 1. The summed E-state index contributed by atoms with van der Waals surface area (Å²) in [6.07, 6.45) is -2.65. The molecule has 0 aliphatic rings. The summed E-state index contributed by atoms with van der Waals surface area (Å²) in [7, 11) is 0. The number of hydrogen-bond donors (Lipinski definition) is 1. The molecular weight excluding hydrogens is 387 g/mol. The number of alkyl halides is 3. The number of halogens is 4. The average Bonchev–Trinajstić information content (AvgIpc) is 3.04. The molecule has 0 aliphatic heterocycles. The highest BCUT2D eigenvalue weighted by Crippen LogP contribution is 2.34. The molecule has 4 aromatic rings. The fraction of sp³-hybridized carbons (Fsp3) is 0.0952. The second-order valence-electron chi connectivity index (χ2n) is 6.30. The van der Waals surface area contributed by atoms with Crippen molar-refractivity contribution in [2.24, 2.45) is 0 Å². The molecule has 3 nitrogen and oxygen atoms in total. The van der Waals surface area contributed by atoms with E-state index in [0.717, 1.165) is 17.7 Å². The van der Waals surface area contributed by atoms with Crippen LogP contribution in [0.3, 0.4) is 0 Å². The minimum absolute atomic E-state index is 0.534. The molecule has 0 radical (unpaired) electrons. The Morgan fingerprint density at radius 3 is 2.32 bits per heavy atom. The summed E-state index contributed by atoms with van der Waals surface area (Å²) < 4.78 is 40.4. The lowest BCUT2D eigenvalue weighted by atomic mass is 10.1. The van der Waals surface area contributed by atoms with Gasteiger partial charge in [-0.25, -0.2) is 4.98 Å². The lowest BCUT2D eigenvalue weighted by Gasteiger charge is -2.10. The predicted molar refractivity (Wildman–Crippen MR) is 104 cm³/mol. The molecule has 0 amide bonds. The average molecular weight is 402 g/mol. The van der Waals surface area contributed by atoms with Gasteiger partial charge in [-0.15, -0.1) is 0 Å². The lowest BCUT2D eigenvalue weighted by molar-refractivity contribution is -0.137. The zero-order valence-corrected chi connectivity index (χ0v) is 15.3. The molecule has 0 bridgehead atoms. The molecule has 0 fully saturated rings. The summed E-state index contributed by atoms with van der Waals surface area (Å²) in [5.74, 6) is 0.668. The van der Waals surface area contributed by atoms with Crippen LogP contribution in [0.4, 0.5) is 19.0 Å². The maximum Gasteiger partial charge on any atom is 0.416 e. The Balaban J connectivity index is 1.76. The van der Waals surface area contributed by atoms with Crippen LogP contribution in [0.25, 0.3) is 16.9 Å². The molecule has 0 spiro atoms. The van der Waals surface area contributed by atoms with E-state index in [1.807, 2.05) is 30.3 Å². The number of rotatable bonds is 4. The molecule has 0 aliphatic carbocycles. The fourth-order valence-electron chi connectivity index (χ4n) is 2.99. The van der Waals surface area contributed by atoms with Gasteiger partial charge >= 0.3 is 6.18 Å². The minimum atomic E-state index is -4.38. The number of benzene rings is 2. The number of nitrogens with one attached hydrogen (secondary N) is 1. The first kappa shape index (κ1) is 18.4. The third kappa shape index (κ3) is 3.68. The van der Waals surface area contributed by atoms with E-state index < -0.39 is 11.7 Å². The molecule has 0 saturated carbocycles. The van der Waals surface area contributed by atoms with Gasteiger partial charge in [0.2, 0.25) is 0 Å². The third-order valence-electron chi connectivity index (χ3n) is 4.37. The van der Waals surface area contributed by atoms with Crippen LogP contribution in [0, 0.1) is 0 Å². The van der Waals surface area contributed by atoms with Crippen molar-refractivity contribution in [3.05, 3.63) is 89.1 Å². The van der Waals surface area contributed by atoms with Crippen LogP contribution in [0.2, 0.25) is 5.02 Å². The standard InChI is InChI=1S/C21H15ClF3N3/c22-17-10-11-18-27-19(15-6-8-16(9-7-15)21(23,24)25)20(28(18)13-17)26-12-14-4-2-1-3-5-14/h1-11,13,26H,12H2. The number of hydrogen-bond acceptors (Lipinski definition) is 2. The highest BCUT2D eigenvalue weighted by Gasteiger charge is 2.30. The van der Waals surface area contributed by atoms with E-state index in [1.54, 1.807) is 22.7 Å². The second-order valence-corrected chi connectivity index (χ2v) is 6.74. The van der Waals surface area contributed by atoms with Crippen LogP contribution >= 0.6 is 11.6 Å². The number of aromatic nitrogens is 2. The Morgan fingerprint density at radius 1 is 0.929 bits per heavy atom. The van der Waals surface area contributed by atoms with Crippen LogP contribution in [-0.2, 0) is 12.7 Å². The van der Waals surface area contributed by atoms with Crippen molar-refractivity contribution in [1.82, 2.24) is 9.38 Å². The van der Waals surface area contributed by atoms with Gasteiger partial charge in [-0.3, -0.25) is 4.40 Å². The van der Waals surface area contributed by atoms with E-state index in [1.165, 1.54) is 12.1 Å². The molecule has 142 valence electrons. The molecule has 0 saturated heterocycles. The quantitative estimate of drug-likeness (QED) is 0.435. The monoisotopic (exact) mass is 401 g/mol. The van der Waals surface area contributed by atoms with Crippen molar-refractivity contribution in [2.45, 2.75) is 12.7 Å². The topological polar surface area (TPSA) is 29.3 Å². The van der Waals surface area contributed by atoms with E-state index >= 15 is 0 Å². The molecule has 2 aromatic heterocycles. The van der Waals surface area contributed by atoms with Crippen molar-refractivity contribution in [2.75, 3.05) is 5.32 Å². The Kier molecular flexibility index (Phi) is 4.73. The maximum absolute atomic E-state index is 12.9. The molecule has 2 heterocycles. The maximum atomic E-state index is 12.9. The van der Waals surface area contributed by atoms with E-state index in [9.17, 15) is 13.2 Å². The largest absolute Gasteiger partial charge is 0.416 e.